The monoisotopic (exact) mass is 403 g/mol. The van der Waals surface area contributed by atoms with Gasteiger partial charge < -0.3 is 29.6 Å². The van der Waals surface area contributed by atoms with Crippen LogP contribution >= 0.6 is 11.6 Å². The van der Waals surface area contributed by atoms with Crippen molar-refractivity contribution in [2.45, 2.75) is 20.0 Å². The van der Waals surface area contributed by atoms with Crippen molar-refractivity contribution in [3.8, 4) is 23.0 Å². The molecule has 8 heteroatoms. The molecule has 0 radical (unpaired) electrons. The first-order valence-corrected chi connectivity index (χ1v) is 9.59. The molecule has 7 nitrogen and oxygen atoms in total. The fraction of sp³-hybridized carbons (Fsp3) is 0.350. The van der Waals surface area contributed by atoms with Gasteiger partial charge in [0.25, 0.3) is 0 Å². The van der Waals surface area contributed by atoms with E-state index in [0.29, 0.717) is 48.8 Å². The molecule has 0 saturated heterocycles. The highest BCUT2D eigenvalue weighted by molar-refractivity contribution is 6.32. The summed E-state index contributed by atoms with van der Waals surface area (Å²) in [5.41, 5.74) is 2.03. The fourth-order valence-corrected chi connectivity index (χ4v) is 3.29. The van der Waals surface area contributed by atoms with Crippen LogP contribution in [-0.2, 0) is 13.1 Å². The zero-order valence-electron chi connectivity index (χ0n) is 15.6. The molecule has 0 aliphatic carbocycles. The van der Waals surface area contributed by atoms with Gasteiger partial charge >= 0.3 is 0 Å². The zero-order valence-corrected chi connectivity index (χ0v) is 16.3. The molecule has 2 aliphatic heterocycles. The van der Waals surface area contributed by atoms with Crippen molar-refractivity contribution in [1.29, 1.82) is 0 Å². The lowest BCUT2D eigenvalue weighted by Crippen LogP contribution is -2.36. The molecule has 0 aromatic heterocycles. The van der Waals surface area contributed by atoms with E-state index in [9.17, 15) is 0 Å². The third-order valence-electron chi connectivity index (χ3n) is 4.32. The molecule has 2 aliphatic rings. The largest absolute Gasteiger partial charge is 0.486 e. The molecular weight excluding hydrogens is 382 g/mol. The smallest absolute Gasteiger partial charge is 0.231 e. The highest BCUT2D eigenvalue weighted by Crippen LogP contribution is 2.38. The van der Waals surface area contributed by atoms with E-state index in [1.54, 1.807) is 0 Å². The molecule has 2 heterocycles. The number of nitrogens with one attached hydrogen (secondary N) is 2. The number of ether oxygens (including phenoxy) is 4. The molecule has 2 aromatic rings. The van der Waals surface area contributed by atoms with E-state index in [-0.39, 0.29) is 6.79 Å². The van der Waals surface area contributed by atoms with Gasteiger partial charge in [-0.05, 0) is 42.3 Å². The van der Waals surface area contributed by atoms with E-state index in [1.807, 2.05) is 37.3 Å². The van der Waals surface area contributed by atoms with Gasteiger partial charge in [0, 0.05) is 13.1 Å². The number of rotatable bonds is 5. The minimum Gasteiger partial charge on any atom is -0.486 e. The van der Waals surface area contributed by atoms with Gasteiger partial charge in [-0.2, -0.15) is 0 Å². The average molecular weight is 404 g/mol. The maximum Gasteiger partial charge on any atom is 0.231 e. The number of nitrogens with zero attached hydrogens (tertiary/aromatic N) is 1. The number of guanidine groups is 1. The standard InChI is InChI=1S/C20H22ClN3O4/c1-2-22-20(23-10-13-3-4-16-17(8-13)28-12-27-16)24-11-14-7-15(21)19-18(9-14)25-5-6-26-19/h3-4,7-9H,2,5-6,10-12H2,1H3,(H2,22,23,24). The van der Waals surface area contributed by atoms with Crippen LogP contribution in [0.4, 0.5) is 0 Å². The number of fused-ring (bicyclic) bond motifs is 2. The highest BCUT2D eigenvalue weighted by Gasteiger charge is 2.17. The molecule has 0 spiro atoms. The van der Waals surface area contributed by atoms with E-state index in [0.717, 1.165) is 29.2 Å². The van der Waals surface area contributed by atoms with Crippen LogP contribution in [0.2, 0.25) is 5.02 Å². The molecule has 0 fully saturated rings. The second-order valence-corrected chi connectivity index (χ2v) is 6.75. The van der Waals surface area contributed by atoms with Gasteiger partial charge in [0.05, 0.1) is 11.6 Å². The van der Waals surface area contributed by atoms with Crippen molar-refractivity contribution < 1.29 is 18.9 Å². The number of aliphatic imine (C=N–C) groups is 1. The van der Waals surface area contributed by atoms with Crippen molar-refractivity contribution in [3.05, 3.63) is 46.5 Å². The second-order valence-electron chi connectivity index (χ2n) is 6.34. The summed E-state index contributed by atoms with van der Waals surface area (Å²) in [5, 5.41) is 7.12. The predicted molar refractivity (Wildman–Crippen MR) is 107 cm³/mol. The Labute approximate surface area is 168 Å². The number of hydrogen-bond donors (Lipinski definition) is 2. The Hall–Kier alpha value is -2.80. The average Bonchev–Trinajstić information content (AvgIpc) is 3.18. The molecule has 0 amide bonds. The van der Waals surface area contributed by atoms with Crippen LogP contribution in [0.5, 0.6) is 23.0 Å². The summed E-state index contributed by atoms with van der Waals surface area (Å²) >= 11 is 6.30. The van der Waals surface area contributed by atoms with Crippen LogP contribution in [0.15, 0.2) is 35.3 Å². The van der Waals surface area contributed by atoms with E-state index in [4.69, 9.17) is 30.5 Å². The third kappa shape index (κ3) is 4.20. The Morgan fingerprint density at radius 1 is 0.964 bits per heavy atom. The summed E-state index contributed by atoms with van der Waals surface area (Å²) in [6, 6.07) is 9.68. The Morgan fingerprint density at radius 3 is 2.68 bits per heavy atom. The lowest BCUT2D eigenvalue weighted by molar-refractivity contribution is 0.171. The lowest BCUT2D eigenvalue weighted by Gasteiger charge is -2.20. The van der Waals surface area contributed by atoms with Crippen LogP contribution in [0.25, 0.3) is 0 Å². The normalized spacial score (nSPS) is 14.7. The first-order chi connectivity index (χ1) is 13.7. The quantitative estimate of drug-likeness (QED) is 0.590. The third-order valence-corrected chi connectivity index (χ3v) is 4.60. The van der Waals surface area contributed by atoms with Crippen LogP contribution in [0.1, 0.15) is 18.1 Å². The van der Waals surface area contributed by atoms with Crippen LogP contribution in [-0.4, -0.2) is 32.5 Å². The summed E-state index contributed by atoms with van der Waals surface area (Å²) in [6.45, 7) is 5.17. The maximum atomic E-state index is 6.30. The molecule has 0 bridgehead atoms. The summed E-state index contributed by atoms with van der Waals surface area (Å²) in [5.74, 6) is 3.54. The number of hydrogen-bond acceptors (Lipinski definition) is 5. The summed E-state index contributed by atoms with van der Waals surface area (Å²) in [7, 11) is 0. The highest BCUT2D eigenvalue weighted by atomic mass is 35.5. The Balaban J connectivity index is 1.42. The minimum atomic E-state index is 0.272. The molecule has 0 saturated carbocycles. The van der Waals surface area contributed by atoms with Gasteiger partial charge in [-0.3, -0.25) is 0 Å². The lowest BCUT2D eigenvalue weighted by atomic mass is 10.2. The number of benzene rings is 2. The van der Waals surface area contributed by atoms with E-state index >= 15 is 0 Å². The first-order valence-electron chi connectivity index (χ1n) is 9.21. The van der Waals surface area contributed by atoms with E-state index in [2.05, 4.69) is 15.6 Å². The van der Waals surface area contributed by atoms with Crippen molar-refractivity contribution >= 4 is 17.6 Å². The summed E-state index contributed by atoms with van der Waals surface area (Å²) in [4.78, 5) is 4.64. The minimum absolute atomic E-state index is 0.272. The van der Waals surface area contributed by atoms with Gasteiger partial charge in [-0.25, -0.2) is 4.99 Å². The van der Waals surface area contributed by atoms with Gasteiger partial charge in [-0.1, -0.05) is 17.7 Å². The van der Waals surface area contributed by atoms with Crippen molar-refractivity contribution in [3.63, 3.8) is 0 Å². The maximum absolute atomic E-state index is 6.30. The Bertz CT molecular complexity index is 888. The SMILES string of the molecule is CCNC(=NCc1cc(Cl)c2c(c1)OCCO2)NCc1ccc2c(c1)OCO2. The summed E-state index contributed by atoms with van der Waals surface area (Å²) in [6.07, 6.45) is 0. The van der Waals surface area contributed by atoms with E-state index in [1.165, 1.54) is 0 Å². The molecule has 148 valence electrons. The molecule has 0 unspecified atom stereocenters. The topological polar surface area (TPSA) is 73.3 Å². The van der Waals surface area contributed by atoms with Gasteiger partial charge in [0.2, 0.25) is 6.79 Å². The van der Waals surface area contributed by atoms with Gasteiger partial charge in [0.1, 0.15) is 13.2 Å². The van der Waals surface area contributed by atoms with Crippen LogP contribution in [0.3, 0.4) is 0 Å². The van der Waals surface area contributed by atoms with Gasteiger partial charge in [-0.15, -0.1) is 0 Å². The van der Waals surface area contributed by atoms with Crippen LogP contribution < -0.4 is 29.6 Å². The van der Waals surface area contributed by atoms with Crippen molar-refractivity contribution in [2.24, 2.45) is 4.99 Å². The first kappa shape index (κ1) is 18.6. The summed E-state index contributed by atoms with van der Waals surface area (Å²) < 4.78 is 22.0. The molecule has 0 atom stereocenters. The van der Waals surface area contributed by atoms with Crippen molar-refractivity contribution in [2.75, 3.05) is 26.6 Å². The molecule has 2 aromatic carbocycles. The second kappa shape index (κ2) is 8.48. The van der Waals surface area contributed by atoms with Crippen molar-refractivity contribution in [1.82, 2.24) is 10.6 Å². The molecule has 4 rings (SSSR count). The molecule has 28 heavy (non-hydrogen) atoms. The fourth-order valence-electron chi connectivity index (χ4n) is 3.00. The van der Waals surface area contributed by atoms with Gasteiger partial charge in [0.15, 0.2) is 29.0 Å². The Morgan fingerprint density at radius 2 is 1.79 bits per heavy atom. The number of halogens is 1. The predicted octanol–water partition coefficient (Wildman–Crippen LogP) is 3.10. The Kier molecular flexibility index (Phi) is 5.62. The molecule has 2 N–H and O–H groups in total. The zero-order chi connectivity index (χ0) is 19.3. The van der Waals surface area contributed by atoms with E-state index < -0.39 is 0 Å². The van der Waals surface area contributed by atoms with Crippen LogP contribution in [0, 0.1) is 0 Å². The molecular formula is C20H22ClN3O4.